The predicted octanol–water partition coefficient (Wildman–Crippen LogP) is 4.70. The maximum atomic E-state index is 9.75. The molecule has 0 saturated carbocycles. The van der Waals surface area contributed by atoms with Crippen LogP contribution in [-0.2, 0) is 0 Å². The molecule has 0 unspecified atom stereocenters. The van der Waals surface area contributed by atoms with Crippen LogP contribution in [0.2, 0.25) is 0 Å². The molecule has 30 heavy (non-hydrogen) atoms. The second-order valence-electron chi connectivity index (χ2n) is 4.91. The number of fused-ring (bicyclic) bond motifs is 3. The normalized spacial score (nSPS) is 11.1. The van der Waals surface area contributed by atoms with Crippen molar-refractivity contribution in [2.75, 3.05) is 0 Å². The van der Waals surface area contributed by atoms with E-state index in [0.717, 1.165) is 0 Å². The van der Waals surface area contributed by atoms with Crippen LogP contribution in [-0.4, -0.2) is 21.8 Å². The first-order chi connectivity index (χ1) is 12.9. The van der Waals surface area contributed by atoms with Crippen molar-refractivity contribution in [1.82, 2.24) is 0 Å². The van der Waals surface area contributed by atoms with Gasteiger partial charge < -0.3 is 51.8 Å². The quantitative estimate of drug-likeness (QED) is 0.191. The minimum atomic E-state index is -6.00. The fraction of sp³-hybridized carbons (Fsp3) is 0. The van der Waals surface area contributed by atoms with E-state index in [-0.39, 0.29) is 51.4 Å². The first kappa shape index (κ1) is 31.4. The van der Waals surface area contributed by atoms with E-state index in [1.165, 1.54) is 21.5 Å². The molecule has 0 bridgehead atoms. The molecule has 0 spiro atoms. The van der Waals surface area contributed by atoms with Crippen LogP contribution in [0.15, 0.2) is 54.6 Å². The number of hydrogen-bond donors (Lipinski definition) is 0. The molecule has 0 aromatic heterocycles. The summed E-state index contributed by atoms with van der Waals surface area (Å²) in [4.78, 5) is 0. The molecule has 0 radical (unpaired) electrons. The fourth-order valence-corrected chi connectivity index (χ4v) is 1.87. The topological polar surface area (TPSA) is 0 Å². The Balaban J connectivity index is 0. The molecule has 0 saturated heterocycles. The molecule has 3 aromatic rings. The van der Waals surface area contributed by atoms with Crippen LogP contribution in [0.5, 0.6) is 0 Å². The average Bonchev–Trinajstić information content (AvgIpc) is 2.50. The summed E-state index contributed by atoms with van der Waals surface area (Å²) in [6, 6.07) is 22.1. The Morgan fingerprint density at radius 2 is 0.833 bits per heavy atom. The maximum Gasteiger partial charge on any atom is 1.00 e. The smallest absolute Gasteiger partial charge is 0.418 e. The minimum Gasteiger partial charge on any atom is -0.418 e. The van der Waals surface area contributed by atoms with Gasteiger partial charge in [0.25, 0.3) is 0 Å². The van der Waals surface area contributed by atoms with Crippen LogP contribution in [0.25, 0.3) is 21.5 Å². The van der Waals surface area contributed by atoms with Crippen LogP contribution in [0.4, 0.5) is 51.8 Å². The monoisotopic (exact) mass is 477 g/mol. The molecular weight excluding hydrogens is 468 g/mol. The molecule has 0 heterocycles. The summed E-state index contributed by atoms with van der Waals surface area (Å²) in [6.07, 6.45) is 0. The van der Waals surface area contributed by atoms with E-state index in [4.69, 9.17) is 0 Å². The first-order valence-electron chi connectivity index (χ1n) is 7.35. The van der Waals surface area contributed by atoms with E-state index in [1.807, 2.05) is 6.07 Å². The Morgan fingerprint density at radius 3 is 1.27 bits per heavy atom. The van der Waals surface area contributed by atoms with Gasteiger partial charge in [0.05, 0.1) is 0 Å². The summed E-state index contributed by atoms with van der Waals surface area (Å²) in [5, 5.41) is 5.03. The van der Waals surface area contributed by atoms with Gasteiger partial charge in [0, 0.05) is 0 Å². The van der Waals surface area contributed by atoms with E-state index in [0.29, 0.717) is 0 Å². The maximum absolute atomic E-state index is 9.75. The van der Waals surface area contributed by atoms with E-state index in [1.54, 1.807) is 0 Å². The molecule has 0 nitrogen and oxygen atoms in total. The van der Waals surface area contributed by atoms with Crippen LogP contribution in [0, 0.1) is 6.07 Å². The van der Waals surface area contributed by atoms with Gasteiger partial charge in [-0.2, -0.15) is 0 Å². The molecule has 162 valence electrons. The molecule has 0 atom stereocenters. The largest absolute Gasteiger partial charge is 1.00 e. The summed E-state index contributed by atoms with van der Waals surface area (Å²) in [5.41, 5.74) is 0. The van der Waals surface area contributed by atoms with Gasteiger partial charge in [0.2, 0.25) is 0 Å². The SMILES string of the molecule is F[B-](F)(F)F.F[B-](F)(F)F.F[B-](F)(F)F.[K+].[c-]1cc2ccccc2c2ccccc12. The second kappa shape index (κ2) is 13.6. The van der Waals surface area contributed by atoms with Gasteiger partial charge in [-0.1, -0.05) is 47.2 Å². The number of rotatable bonds is 0. The molecule has 3 rings (SSSR count). The van der Waals surface area contributed by atoms with E-state index < -0.39 is 21.8 Å². The van der Waals surface area contributed by atoms with E-state index in [2.05, 4.69) is 54.6 Å². The molecule has 0 amide bonds. The Morgan fingerprint density at radius 1 is 0.500 bits per heavy atom. The Hall–Kier alpha value is -0.829. The third-order valence-corrected chi connectivity index (χ3v) is 2.56. The van der Waals surface area contributed by atoms with Gasteiger partial charge in [-0.15, -0.1) is 35.0 Å². The van der Waals surface area contributed by atoms with Crippen LogP contribution in [0.3, 0.4) is 0 Å². The molecule has 0 fully saturated rings. The zero-order valence-corrected chi connectivity index (χ0v) is 18.1. The van der Waals surface area contributed by atoms with Crippen molar-refractivity contribution in [2.24, 2.45) is 0 Å². The zero-order chi connectivity index (χ0) is 22.9. The van der Waals surface area contributed by atoms with E-state index in [9.17, 15) is 51.8 Å². The van der Waals surface area contributed by atoms with E-state index >= 15 is 0 Å². The van der Waals surface area contributed by atoms with Gasteiger partial charge in [-0.25, -0.2) is 0 Å². The van der Waals surface area contributed by atoms with Crippen LogP contribution < -0.4 is 51.4 Å². The van der Waals surface area contributed by atoms with Gasteiger partial charge >= 0.3 is 73.1 Å². The molecule has 0 aliphatic carbocycles. The van der Waals surface area contributed by atoms with Crippen molar-refractivity contribution in [1.29, 1.82) is 0 Å². The molecule has 0 aliphatic heterocycles. The number of hydrogen-bond acceptors (Lipinski definition) is 0. The van der Waals surface area contributed by atoms with Crippen molar-refractivity contribution in [2.45, 2.75) is 0 Å². The minimum absolute atomic E-state index is 0. The Bertz CT molecular complexity index is 778. The summed E-state index contributed by atoms with van der Waals surface area (Å²) >= 11 is 0. The second-order valence-corrected chi connectivity index (χ2v) is 4.91. The van der Waals surface area contributed by atoms with Crippen molar-refractivity contribution in [3.63, 3.8) is 0 Å². The third-order valence-electron chi connectivity index (χ3n) is 2.56. The van der Waals surface area contributed by atoms with Gasteiger partial charge in [0.15, 0.2) is 0 Å². The first-order valence-corrected chi connectivity index (χ1v) is 7.35. The predicted molar refractivity (Wildman–Crippen MR) is 90.8 cm³/mol. The summed E-state index contributed by atoms with van der Waals surface area (Å²) < 4.78 is 117. The van der Waals surface area contributed by atoms with Crippen LogP contribution >= 0.6 is 0 Å². The van der Waals surface area contributed by atoms with Crippen molar-refractivity contribution in [3.05, 3.63) is 60.7 Å². The Kier molecular flexibility index (Phi) is 14.2. The third kappa shape index (κ3) is 20.4. The fourth-order valence-electron chi connectivity index (χ4n) is 1.87. The molecule has 0 aliphatic rings. The van der Waals surface area contributed by atoms with Crippen LogP contribution in [0.1, 0.15) is 0 Å². The summed E-state index contributed by atoms with van der Waals surface area (Å²) in [6.45, 7) is 0. The van der Waals surface area contributed by atoms with Gasteiger partial charge in [0.1, 0.15) is 0 Å². The van der Waals surface area contributed by atoms with Crippen molar-refractivity contribution >= 4 is 43.3 Å². The Labute approximate surface area is 205 Å². The average molecular weight is 477 g/mol. The molecule has 16 heteroatoms. The zero-order valence-electron chi connectivity index (χ0n) is 15.0. The summed E-state index contributed by atoms with van der Waals surface area (Å²) in [7, 11) is -18.0. The number of halogens is 12. The van der Waals surface area contributed by atoms with Gasteiger partial charge in [-0.3, -0.25) is 0 Å². The molecule has 0 N–H and O–H groups in total. The van der Waals surface area contributed by atoms with Crippen molar-refractivity contribution in [3.8, 4) is 0 Å². The molecule has 3 aromatic carbocycles. The standard InChI is InChI=1S/C14H9.3BF4.K/c1-3-7-13-11(5-1)9-10-12-6-2-4-8-14(12)13;3*2-1(3,4)5;/h1-9H;;;;/q4*-1;+1. The van der Waals surface area contributed by atoms with Gasteiger partial charge in [-0.05, 0) is 0 Å². The van der Waals surface area contributed by atoms with Crippen molar-refractivity contribution < 1.29 is 103 Å². The summed E-state index contributed by atoms with van der Waals surface area (Å²) in [5.74, 6) is 0. The molecular formula is C14H9B3F12K-3. The number of benzene rings is 3.